The lowest BCUT2D eigenvalue weighted by molar-refractivity contribution is -0.124. The van der Waals surface area contributed by atoms with Gasteiger partial charge in [0.1, 0.15) is 6.04 Å². The van der Waals surface area contributed by atoms with Gasteiger partial charge >= 0.3 is 6.03 Å². The van der Waals surface area contributed by atoms with Crippen LogP contribution in [0.1, 0.15) is 38.7 Å². The van der Waals surface area contributed by atoms with Crippen LogP contribution in [0.2, 0.25) is 5.02 Å². The van der Waals surface area contributed by atoms with E-state index >= 15 is 0 Å². The summed E-state index contributed by atoms with van der Waals surface area (Å²) in [5, 5.41) is 8.72. The molecule has 3 N–H and O–H groups in total. The largest absolute Gasteiger partial charge is 0.355 e. The van der Waals surface area contributed by atoms with Crippen LogP contribution < -0.4 is 16.0 Å². The smallest absolute Gasteiger partial charge is 0.319 e. The molecule has 178 valence electrons. The number of carbonyl (C=O) groups excluding carboxylic acids is 2. The molecule has 0 aromatic heterocycles. The van der Waals surface area contributed by atoms with Crippen molar-refractivity contribution in [3.63, 3.8) is 0 Å². The number of benzene rings is 2. The number of hydrogen-bond donors (Lipinski definition) is 3. The molecule has 1 atom stereocenters. The number of carbonyl (C=O) groups is 2. The maximum atomic E-state index is 13.6. The molecule has 1 aliphatic heterocycles. The van der Waals surface area contributed by atoms with Crippen molar-refractivity contribution in [2.75, 3.05) is 11.9 Å². The molecule has 2 aromatic carbocycles. The van der Waals surface area contributed by atoms with E-state index in [0.29, 0.717) is 29.2 Å². The van der Waals surface area contributed by atoms with E-state index in [2.05, 4.69) is 16.0 Å². The Balaban J connectivity index is 1.87. The van der Waals surface area contributed by atoms with Crippen molar-refractivity contribution in [2.24, 2.45) is 0 Å². The van der Waals surface area contributed by atoms with Gasteiger partial charge in [-0.05, 0) is 75.1 Å². The molecule has 1 heterocycles. The molecule has 10 heteroatoms. The number of nitrogens with zero attached hydrogens (tertiary/aromatic N) is 1. The van der Waals surface area contributed by atoms with Crippen molar-refractivity contribution < 1.29 is 18.0 Å². The van der Waals surface area contributed by atoms with Gasteiger partial charge in [0.05, 0.1) is 4.90 Å². The second kappa shape index (κ2) is 11.0. The third-order valence-electron chi connectivity index (χ3n) is 5.24. The molecule has 8 nitrogen and oxygen atoms in total. The molecule has 0 saturated carbocycles. The second-order valence-corrected chi connectivity index (χ2v) is 10.6. The first kappa shape index (κ1) is 25.0. The third kappa shape index (κ3) is 6.69. The SMILES string of the molecule is CC(C)NC(=O)Nc1ccc(CN([C@@H]2CCCCNC2=O)S(=O)(=O)c2ccc(Cl)cc2)cc1. The molecule has 0 spiro atoms. The summed E-state index contributed by atoms with van der Waals surface area (Å²) in [6.45, 7) is 4.27. The number of anilines is 1. The Hall–Kier alpha value is -2.62. The summed E-state index contributed by atoms with van der Waals surface area (Å²) >= 11 is 5.94. The van der Waals surface area contributed by atoms with Crippen LogP contribution in [0.25, 0.3) is 0 Å². The van der Waals surface area contributed by atoms with E-state index in [-0.39, 0.29) is 29.4 Å². The average Bonchev–Trinajstić information content (AvgIpc) is 2.97. The summed E-state index contributed by atoms with van der Waals surface area (Å²) in [4.78, 5) is 24.7. The monoisotopic (exact) mass is 492 g/mol. The van der Waals surface area contributed by atoms with Crippen molar-refractivity contribution in [1.29, 1.82) is 0 Å². The van der Waals surface area contributed by atoms with E-state index in [1.165, 1.54) is 28.6 Å². The molecule has 1 fully saturated rings. The fraction of sp³-hybridized carbons (Fsp3) is 0.391. The van der Waals surface area contributed by atoms with Gasteiger partial charge in [0.15, 0.2) is 0 Å². The predicted molar refractivity (Wildman–Crippen MR) is 129 cm³/mol. The van der Waals surface area contributed by atoms with E-state index in [9.17, 15) is 18.0 Å². The summed E-state index contributed by atoms with van der Waals surface area (Å²) in [5.74, 6) is -0.298. The van der Waals surface area contributed by atoms with Gasteiger partial charge in [0, 0.05) is 29.8 Å². The minimum Gasteiger partial charge on any atom is -0.355 e. The molecule has 33 heavy (non-hydrogen) atoms. The topological polar surface area (TPSA) is 108 Å². The number of urea groups is 1. The normalized spacial score (nSPS) is 16.9. The maximum absolute atomic E-state index is 13.6. The van der Waals surface area contributed by atoms with E-state index in [1.54, 1.807) is 24.3 Å². The Labute approximate surface area is 199 Å². The van der Waals surface area contributed by atoms with E-state index in [1.807, 2.05) is 13.8 Å². The van der Waals surface area contributed by atoms with Crippen molar-refractivity contribution in [3.8, 4) is 0 Å². The lowest BCUT2D eigenvalue weighted by Gasteiger charge is -2.29. The van der Waals surface area contributed by atoms with Gasteiger partial charge in [-0.15, -0.1) is 0 Å². The van der Waals surface area contributed by atoms with Crippen LogP contribution in [0.5, 0.6) is 0 Å². The lowest BCUT2D eigenvalue weighted by Crippen LogP contribution is -2.48. The van der Waals surface area contributed by atoms with Crippen molar-refractivity contribution in [2.45, 2.75) is 56.6 Å². The minimum atomic E-state index is -3.97. The Bertz CT molecular complexity index is 1070. The molecule has 1 aliphatic rings. The highest BCUT2D eigenvalue weighted by molar-refractivity contribution is 7.89. The van der Waals surface area contributed by atoms with E-state index in [4.69, 9.17) is 11.6 Å². The summed E-state index contributed by atoms with van der Waals surface area (Å²) in [7, 11) is -3.97. The molecule has 2 aromatic rings. The van der Waals surface area contributed by atoms with E-state index in [0.717, 1.165) is 12.8 Å². The van der Waals surface area contributed by atoms with E-state index < -0.39 is 16.1 Å². The molecular formula is C23H29ClN4O4S. The molecule has 0 bridgehead atoms. The van der Waals surface area contributed by atoms with Gasteiger partial charge in [-0.2, -0.15) is 4.31 Å². The zero-order valence-corrected chi connectivity index (χ0v) is 20.2. The fourth-order valence-electron chi connectivity index (χ4n) is 3.61. The number of nitrogens with one attached hydrogen (secondary N) is 3. The van der Waals surface area contributed by atoms with Gasteiger partial charge in [-0.25, -0.2) is 13.2 Å². The molecule has 0 radical (unpaired) electrons. The number of sulfonamides is 1. The second-order valence-electron chi connectivity index (χ2n) is 8.26. The molecule has 0 aliphatic carbocycles. The zero-order chi connectivity index (χ0) is 24.0. The first-order chi connectivity index (χ1) is 15.7. The highest BCUT2D eigenvalue weighted by Crippen LogP contribution is 2.26. The van der Waals surface area contributed by atoms with Gasteiger partial charge in [0.2, 0.25) is 15.9 Å². The summed E-state index contributed by atoms with van der Waals surface area (Å²) < 4.78 is 28.4. The Morgan fingerprint density at radius 3 is 2.42 bits per heavy atom. The molecule has 0 unspecified atom stereocenters. The Morgan fingerprint density at radius 1 is 1.12 bits per heavy atom. The van der Waals surface area contributed by atoms with Crippen LogP contribution in [0.4, 0.5) is 10.5 Å². The predicted octanol–water partition coefficient (Wildman–Crippen LogP) is 3.73. The Kier molecular flexibility index (Phi) is 8.34. The van der Waals surface area contributed by atoms with Crippen LogP contribution in [-0.4, -0.2) is 43.3 Å². The lowest BCUT2D eigenvalue weighted by atomic mass is 10.1. The van der Waals surface area contributed by atoms with Crippen LogP contribution in [0.15, 0.2) is 53.4 Å². The highest BCUT2D eigenvalue weighted by atomic mass is 35.5. The summed E-state index contributed by atoms with van der Waals surface area (Å²) in [6, 6.07) is 11.7. The molecule has 3 amide bonds. The number of halogens is 1. The van der Waals surface area contributed by atoms with Gasteiger partial charge in [-0.1, -0.05) is 23.7 Å². The zero-order valence-electron chi connectivity index (χ0n) is 18.7. The van der Waals surface area contributed by atoms with Gasteiger partial charge in [-0.3, -0.25) is 4.79 Å². The highest BCUT2D eigenvalue weighted by Gasteiger charge is 2.36. The van der Waals surface area contributed by atoms with Crippen LogP contribution in [0, 0.1) is 0 Å². The quantitative estimate of drug-likeness (QED) is 0.547. The van der Waals surface area contributed by atoms with Crippen molar-refractivity contribution >= 4 is 39.2 Å². The van der Waals surface area contributed by atoms with Gasteiger partial charge < -0.3 is 16.0 Å². The fourth-order valence-corrected chi connectivity index (χ4v) is 5.34. The number of amides is 3. The van der Waals surface area contributed by atoms with Crippen LogP contribution in [0.3, 0.4) is 0 Å². The standard InChI is InChI=1S/C23H29ClN4O4S/c1-16(2)26-23(30)27-19-10-6-17(7-11-19)15-28(21-5-3-4-14-25-22(21)29)33(31,32)20-12-8-18(24)9-13-20/h6-13,16,21H,3-5,14-15H2,1-2H3,(H,25,29)(H2,26,27,30)/t21-/m1/s1. The van der Waals surface area contributed by atoms with Gasteiger partial charge in [0.25, 0.3) is 0 Å². The molecule has 3 rings (SSSR count). The molecule has 1 saturated heterocycles. The summed E-state index contributed by atoms with van der Waals surface area (Å²) in [5.41, 5.74) is 1.27. The van der Waals surface area contributed by atoms with Crippen molar-refractivity contribution in [3.05, 3.63) is 59.1 Å². The van der Waals surface area contributed by atoms with Crippen LogP contribution in [-0.2, 0) is 21.4 Å². The van der Waals surface area contributed by atoms with Crippen molar-refractivity contribution in [1.82, 2.24) is 14.9 Å². The third-order valence-corrected chi connectivity index (χ3v) is 7.36. The summed E-state index contributed by atoms with van der Waals surface area (Å²) in [6.07, 6.45) is 1.98. The maximum Gasteiger partial charge on any atom is 0.319 e. The Morgan fingerprint density at radius 2 is 1.79 bits per heavy atom. The molecular weight excluding hydrogens is 464 g/mol. The average molecular weight is 493 g/mol. The number of hydrogen-bond acceptors (Lipinski definition) is 4. The first-order valence-corrected chi connectivity index (χ1v) is 12.7. The van der Waals surface area contributed by atoms with Crippen LogP contribution >= 0.6 is 11.6 Å². The number of rotatable bonds is 7. The first-order valence-electron chi connectivity index (χ1n) is 10.9. The minimum absolute atomic E-state index is 0.00151.